The summed E-state index contributed by atoms with van der Waals surface area (Å²) in [5.74, 6) is 0. The lowest BCUT2D eigenvalue weighted by Crippen LogP contribution is -2.15. The Kier molecular flexibility index (Phi) is 8.60. The van der Waals surface area contributed by atoms with E-state index in [1.165, 1.54) is 70.6 Å². The minimum Gasteiger partial charge on any atom is -0.311 e. The first-order valence-corrected chi connectivity index (χ1v) is 18.4. The van der Waals surface area contributed by atoms with Crippen molar-refractivity contribution in [3.8, 4) is 11.1 Å². The molecule has 0 fully saturated rings. The van der Waals surface area contributed by atoms with E-state index in [1.54, 1.807) is 0 Å². The molecule has 0 amide bonds. The van der Waals surface area contributed by atoms with Crippen LogP contribution in [0.1, 0.15) is 12.0 Å². The Labute approximate surface area is 311 Å². The minimum atomic E-state index is 0.748. The van der Waals surface area contributed by atoms with Crippen molar-refractivity contribution >= 4 is 65.2 Å². The van der Waals surface area contributed by atoms with Crippen LogP contribution in [-0.4, -0.2) is 0 Å². The maximum Gasteiger partial charge on any atom is 0.0467 e. The molecule has 0 aliphatic carbocycles. The van der Waals surface area contributed by atoms with Gasteiger partial charge in [-0.2, -0.15) is 0 Å². The van der Waals surface area contributed by atoms with E-state index < -0.39 is 0 Å². The average Bonchev–Trinajstić information content (AvgIpc) is 3.22. The van der Waals surface area contributed by atoms with Crippen LogP contribution >= 0.6 is 0 Å². The summed E-state index contributed by atoms with van der Waals surface area (Å²) < 4.78 is 0. The molecule has 1 heteroatoms. The van der Waals surface area contributed by atoms with Gasteiger partial charge in [-0.05, 0) is 120 Å². The zero-order chi connectivity index (χ0) is 35.6. The first kappa shape index (κ1) is 32.2. The first-order chi connectivity index (χ1) is 26.2. The van der Waals surface area contributed by atoms with Crippen LogP contribution in [0.3, 0.4) is 0 Å². The maximum absolute atomic E-state index is 4.09. The largest absolute Gasteiger partial charge is 0.311 e. The fourth-order valence-corrected chi connectivity index (χ4v) is 7.91. The number of nitrogens with zero attached hydrogens (tertiary/aromatic N) is 1. The smallest absolute Gasteiger partial charge is 0.0467 e. The second-order valence-corrected chi connectivity index (χ2v) is 13.7. The van der Waals surface area contributed by atoms with Gasteiger partial charge in [-0.15, -0.1) is 6.58 Å². The molecule has 0 saturated carbocycles. The number of anilines is 2. The molecule has 0 saturated heterocycles. The van der Waals surface area contributed by atoms with Gasteiger partial charge in [0.05, 0.1) is 0 Å². The van der Waals surface area contributed by atoms with E-state index in [4.69, 9.17) is 0 Å². The molecule has 0 aromatic heterocycles. The average molecular weight is 678 g/mol. The Balaban J connectivity index is 1.18. The van der Waals surface area contributed by atoms with E-state index in [0.29, 0.717) is 0 Å². The van der Waals surface area contributed by atoms with Crippen molar-refractivity contribution in [1.82, 2.24) is 0 Å². The molecule has 1 nitrogen and oxygen atoms in total. The van der Waals surface area contributed by atoms with Crippen LogP contribution in [0, 0.1) is 0 Å². The van der Waals surface area contributed by atoms with Gasteiger partial charge in [-0.1, -0.05) is 164 Å². The normalized spacial score (nSPS) is 12.0. The van der Waals surface area contributed by atoms with E-state index >= 15 is 0 Å². The molecule has 0 radical (unpaired) electrons. The monoisotopic (exact) mass is 677 g/mol. The first-order valence-electron chi connectivity index (χ1n) is 18.4. The molecule has 0 heterocycles. The molecule has 0 N–H and O–H groups in total. The number of allylic oxidation sites excluding steroid dienone is 4. The van der Waals surface area contributed by atoms with E-state index in [9.17, 15) is 0 Å². The van der Waals surface area contributed by atoms with Gasteiger partial charge in [-0.25, -0.2) is 0 Å². The highest BCUT2D eigenvalue weighted by Crippen LogP contribution is 2.39. The highest BCUT2D eigenvalue weighted by Gasteiger charge is 2.16. The number of hydrogen-bond donors (Lipinski definition) is 0. The summed E-state index contributed by atoms with van der Waals surface area (Å²) in [6.45, 7) is 4.09. The molecular formula is C52H39N. The highest BCUT2D eigenvalue weighted by molar-refractivity contribution is 6.14. The fraction of sp³-hybridized carbons (Fsp3) is 0.0385. The number of hydrogen-bond acceptors (Lipinski definition) is 1. The molecule has 9 aromatic carbocycles. The van der Waals surface area contributed by atoms with E-state index in [1.807, 2.05) is 6.08 Å². The zero-order valence-corrected chi connectivity index (χ0v) is 29.6. The van der Waals surface area contributed by atoms with Gasteiger partial charge in [-0.3, -0.25) is 0 Å². The maximum atomic E-state index is 4.09. The molecular weight excluding hydrogens is 639 g/mol. The number of fused-ring (bicyclic) bond motifs is 7. The lowest BCUT2D eigenvalue weighted by molar-refractivity contribution is 1.17. The highest BCUT2D eigenvalue weighted by atomic mass is 15.1. The van der Waals surface area contributed by atoms with Crippen molar-refractivity contribution in [2.75, 3.05) is 4.90 Å². The fourth-order valence-electron chi connectivity index (χ4n) is 7.91. The SMILES string of the molecule is C=CC/C=C(\C=C/Cc1cc2ccccc2c2ccccc12)N(c1cccc(-c2cc3ccccc3c3ccccc23)c1)c1ccc2ccccc2c1. The predicted molar refractivity (Wildman–Crippen MR) is 230 cm³/mol. The number of rotatable bonds is 9. The molecule has 9 aromatic rings. The Bertz CT molecular complexity index is 2870. The Hall–Kier alpha value is -6.70. The third-order valence-electron chi connectivity index (χ3n) is 10.4. The van der Waals surface area contributed by atoms with Gasteiger partial charge in [0.25, 0.3) is 0 Å². The summed E-state index contributed by atoms with van der Waals surface area (Å²) in [6.07, 6.45) is 10.4. The zero-order valence-electron chi connectivity index (χ0n) is 29.6. The summed E-state index contributed by atoms with van der Waals surface area (Å²) >= 11 is 0. The molecule has 0 unspecified atom stereocenters. The molecule has 53 heavy (non-hydrogen) atoms. The quantitative estimate of drug-likeness (QED) is 0.0835. The van der Waals surface area contributed by atoms with Crippen LogP contribution < -0.4 is 4.90 Å². The summed E-state index contributed by atoms with van der Waals surface area (Å²) in [7, 11) is 0. The van der Waals surface area contributed by atoms with Crippen LogP contribution in [-0.2, 0) is 6.42 Å². The predicted octanol–water partition coefficient (Wildman–Crippen LogP) is 14.5. The van der Waals surface area contributed by atoms with Gasteiger partial charge in [0.15, 0.2) is 0 Å². The molecule has 0 aliphatic rings. The Morgan fingerprint density at radius 1 is 0.472 bits per heavy atom. The van der Waals surface area contributed by atoms with Crippen molar-refractivity contribution < 1.29 is 0 Å². The van der Waals surface area contributed by atoms with Crippen LogP contribution in [0.2, 0.25) is 0 Å². The van der Waals surface area contributed by atoms with E-state index in [-0.39, 0.29) is 0 Å². The third-order valence-corrected chi connectivity index (χ3v) is 10.4. The number of benzene rings is 9. The van der Waals surface area contributed by atoms with Crippen molar-refractivity contribution in [1.29, 1.82) is 0 Å². The molecule has 9 rings (SSSR count). The van der Waals surface area contributed by atoms with Crippen LogP contribution in [0.25, 0.3) is 65.0 Å². The molecule has 0 aliphatic heterocycles. The molecule has 0 atom stereocenters. The third kappa shape index (κ3) is 6.17. The van der Waals surface area contributed by atoms with Crippen molar-refractivity contribution in [3.63, 3.8) is 0 Å². The topological polar surface area (TPSA) is 3.24 Å². The van der Waals surface area contributed by atoms with Crippen LogP contribution in [0.15, 0.2) is 213 Å². The van der Waals surface area contributed by atoms with Crippen molar-refractivity contribution in [2.45, 2.75) is 12.8 Å². The summed E-state index contributed by atoms with van der Waals surface area (Å²) in [4.78, 5) is 2.40. The van der Waals surface area contributed by atoms with Gasteiger partial charge in [0, 0.05) is 17.1 Å². The Morgan fingerprint density at radius 3 is 1.79 bits per heavy atom. The molecule has 0 bridgehead atoms. The summed E-state index contributed by atoms with van der Waals surface area (Å²) in [5, 5.41) is 12.6. The standard InChI is InChI=1S/C52H39N/c1-2-3-22-43(23-14-20-40-33-39-18-6-8-25-46(39)49-28-11-10-27-47(40)49)53(45-32-31-37-16-4-5-17-38(37)34-45)44-24-15-21-41(35-44)52-36-42-19-7-9-26-48(42)50-29-12-13-30-51(50)52/h2,4-19,21-36H,1,3,20H2/b23-14-,43-22+. The second kappa shape index (κ2) is 14.1. The van der Waals surface area contributed by atoms with Crippen molar-refractivity contribution in [3.05, 3.63) is 218 Å². The van der Waals surface area contributed by atoms with Gasteiger partial charge in [0.2, 0.25) is 0 Å². The minimum absolute atomic E-state index is 0.748. The van der Waals surface area contributed by atoms with Gasteiger partial charge >= 0.3 is 0 Å². The van der Waals surface area contributed by atoms with E-state index in [2.05, 4.69) is 206 Å². The molecule has 0 spiro atoms. The van der Waals surface area contributed by atoms with Gasteiger partial charge in [0.1, 0.15) is 0 Å². The Morgan fingerprint density at radius 2 is 1.06 bits per heavy atom. The van der Waals surface area contributed by atoms with Crippen molar-refractivity contribution in [2.24, 2.45) is 0 Å². The van der Waals surface area contributed by atoms with Gasteiger partial charge < -0.3 is 4.90 Å². The second-order valence-electron chi connectivity index (χ2n) is 13.7. The lowest BCUT2D eigenvalue weighted by Gasteiger charge is -2.27. The summed E-state index contributed by atoms with van der Waals surface area (Å²) in [6, 6.07) is 64.0. The molecule has 252 valence electrons. The van der Waals surface area contributed by atoms with Crippen LogP contribution in [0.5, 0.6) is 0 Å². The summed E-state index contributed by atoms with van der Waals surface area (Å²) in [5.41, 5.74) is 7.05. The van der Waals surface area contributed by atoms with Crippen LogP contribution in [0.4, 0.5) is 11.4 Å². The van der Waals surface area contributed by atoms with E-state index in [0.717, 1.165) is 29.9 Å². The lowest BCUT2D eigenvalue weighted by atomic mass is 9.93.